The maximum atomic E-state index is 11.8. The third-order valence-electron chi connectivity index (χ3n) is 2.63. The van der Waals surface area contributed by atoms with Gasteiger partial charge in [0.15, 0.2) is 0 Å². The summed E-state index contributed by atoms with van der Waals surface area (Å²) in [5.74, 6) is -2.26. The number of nitrogens with one attached hydrogen (secondary N) is 1. The summed E-state index contributed by atoms with van der Waals surface area (Å²) in [6, 6.07) is 5.62. The van der Waals surface area contributed by atoms with E-state index in [-0.39, 0.29) is 19.3 Å². The van der Waals surface area contributed by atoms with Gasteiger partial charge in [0.1, 0.15) is 6.04 Å². The Bertz CT molecular complexity index is 516. The number of nitrogens with two attached hydrogens (primary N) is 2. The summed E-state index contributed by atoms with van der Waals surface area (Å²) in [5, 5.41) is 11.3. The van der Waals surface area contributed by atoms with Gasteiger partial charge in [0.25, 0.3) is 0 Å². The first-order valence-electron chi connectivity index (χ1n) is 6.03. The summed E-state index contributed by atoms with van der Waals surface area (Å²) in [6.45, 7) is 0. The zero-order valence-electron chi connectivity index (χ0n) is 10.8. The lowest BCUT2D eigenvalue weighted by molar-refractivity contribution is -0.142. The van der Waals surface area contributed by atoms with Crippen LogP contribution in [0.3, 0.4) is 0 Å². The van der Waals surface area contributed by atoms with E-state index in [0.717, 1.165) is 0 Å². The molecule has 1 rings (SSSR count). The Labute approximate surface area is 115 Å². The largest absolute Gasteiger partial charge is 0.480 e. The highest BCUT2D eigenvalue weighted by atomic mass is 16.4. The van der Waals surface area contributed by atoms with Crippen LogP contribution in [0.4, 0.5) is 5.69 Å². The van der Waals surface area contributed by atoms with Gasteiger partial charge >= 0.3 is 5.97 Å². The van der Waals surface area contributed by atoms with Gasteiger partial charge in [0.2, 0.25) is 11.8 Å². The molecule has 0 saturated carbocycles. The van der Waals surface area contributed by atoms with E-state index in [1.165, 1.54) is 0 Å². The summed E-state index contributed by atoms with van der Waals surface area (Å²) < 4.78 is 0. The molecule has 0 heterocycles. The number of anilines is 1. The van der Waals surface area contributed by atoms with Gasteiger partial charge in [0.05, 0.1) is 6.42 Å². The number of carboxylic acids is 1. The van der Waals surface area contributed by atoms with Gasteiger partial charge < -0.3 is 21.9 Å². The lowest BCUT2D eigenvalue weighted by Crippen LogP contribution is -2.42. The second-order valence-electron chi connectivity index (χ2n) is 4.39. The molecule has 7 heteroatoms. The lowest BCUT2D eigenvalue weighted by atomic mass is 10.1. The summed E-state index contributed by atoms with van der Waals surface area (Å²) in [6.07, 6.45) is -0.117. The van der Waals surface area contributed by atoms with Crippen molar-refractivity contribution in [3.63, 3.8) is 0 Å². The molecule has 0 saturated heterocycles. The van der Waals surface area contributed by atoms with Crippen LogP contribution in [0.2, 0.25) is 0 Å². The van der Waals surface area contributed by atoms with Crippen LogP contribution in [0, 0.1) is 0 Å². The highest BCUT2D eigenvalue weighted by Gasteiger charge is 2.20. The fourth-order valence-corrected chi connectivity index (χ4v) is 1.68. The Kier molecular flexibility index (Phi) is 5.52. The number of carbonyl (C=O) groups is 3. The molecule has 7 nitrogen and oxygen atoms in total. The highest BCUT2D eigenvalue weighted by Crippen LogP contribution is 2.07. The molecule has 20 heavy (non-hydrogen) atoms. The first-order valence-corrected chi connectivity index (χ1v) is 6.03. The van der Waals surface area contributed by atoms with Gasteiger partial charge in [0, 0.05) is 12.1 Å². The smallest absolute Gasteiger partial charge is 0.326 e. The van der Waals surface area contributed by atoms with Crippen LogP contribution in [-0.2, 0) is 20.8 Å². The zero-order chi connectivity index (χ0) is 15.1. The van der Waals surface area contributed by atoms with Crippen molar-refractivity contribution in [2.24, 2.45) is 5.73 Å². The van der Waals surface area contributed by atoms with Crippen molar-refractivity contribution in [2.75, 3.05) is 5.73 Å². The van der Waals surface area contributed by atoms with Gasteiger partial charge in [-0.1, -0.05) is 12.1 Å². The number of carbonyl (C=O) groups excluding carboxylic acids is 2. The highest BCUT2D eigenvalue weighted by molar-refractivity contribution is 5.85. The van der Waals surface area contributed by atoms with Crippen molar-refractivity contribution >= 4 is 23.5 Å². The first-order chi connectivity index (χ1) is 9.38. The van der Waals surface area contributed by atoms with Gasteiger partial charge in [-0.05, 0) is 24.1 Å². The summed E-state index contributed by atoms with van der Waals surface area (Å²) in [7, 11) is 0. The van der Waals surface area contributed by atoms with E-state index in [9.17, 15) is 14.4 Å². The average Bonchev–Trinajstić information content (AvgIpc) is 2.33. The second-order valence-corrected chi connectivity index (χ2v) is 4.39. The molecule has 2 amide bonds. The van der Waals surface area contributed by atoms with Gasteiger partial charge in [-0.2, -0.15) is 0 Å². The summed E-state index contributed by atoms with van der Waals surface area (Å²) >= 11 is 0. The van der Waals surface area contributed by atoms with Crippen LogP contribution in [0.15, 0.2) is 24.3 Å². The topological polar surface area (TPSA) is 136 Å². The molecule has 6 N–H and O–H groups in total. The third-order valence-corrected chi connectivity index (χ3v) is 2.63. The summed E-state index contributed by atoms with van der Waals surface area (Å²) in [5.41, 5.74) is 11.7. The number of benzene rings is 1. The molecule has 1 atom stereocenters. The van der Waals surface area contributed by atoms with Crippen LogP contribution >= 0.6 is 0 Å². The number of aliphatic carboxylic acids is 1. The molecule has 0 unspecified atom stereocenters. The minimum Gasteiger partial charge on any atom is -0.480 e. The molecular formula is C13H17N3O4. The molecule has 1 aromatic carbocycles. The predicted molar refractivity (Wildman–Crippen MR) is 72.6 cm³/mol. The molecule has 0 aromatic heterocycles. The van der Waals surface area contributed by atoms with E-state index in [0.29, 0.717) is 11.3 Å². The van der Waals surface area contributed by atoms with Gasteiger partial charge in [-0.25, -0.2) is 4.79 Å². The Hall–Kier alpha value is -2.57. The van der Waals surface area contributed by atoms with E-state index in [2.05, 4.69) is 5.32 Å². The van der Waals surface area contributed by atoms with Crippen LogP contribution in [0.25, 0.3) is 0 Å². The van der Waals surface area contributed by atoms with Crippen LogP contribution < -0.4 is 16.8 Å². The number of hydrogen-bond donors (Lipinski definition) is 4. The number of primary amides is 1. The van der Waals surface area contributed by atoms with E-state index in [1.54, 1.807) is 24.3 Å². The number of amides is 2. The lowest BCUT2D eigenvalue weighted by Gasteiger charge is -2.13. The number of hydrogen-bond acceptors (Lipinski definition) is 4. The third kappa shape index (κ3) is 5.38. The quantitative estimate of drug-likeness (QED) is 0.506. The summed E-state index contributed by atoms with van der Waals surface area (Å²) in [4.78, 5) is 33.4. The molecule has 0 aliphatic heterocycles. The van der Waals surface area contributed by atoms with Crippen LogP contribution in [0.1, 0.15) is 18.4 Å². The van der Waals surface area contributed by atoms with Crippen molar-refractivity contribution in [3.05, 3.63) is 29.8 Å². The molecule has 0 aliphatic carbocycles. The number of carboxylic acid groups (broad SMARTS) is 1. The van der Waals surface area contributed by atoms with Crippen molar-refractivity contribution in [2.45, 2.75) is 25.3 Å². The molecule has 108 valence electrons. The predicted octanol–water partition coefficient (Wildman–Crippen LogP) is -0.354. The van der Waals surface area contributed by atoms with Crippen molar-refractivity contribution in [1.29, 1.82) is 0 Å². The normalized spacial score (nSPS) is 11.6. The molecular weight excluding hydrogens is 262 g/mol. The zero-order valence-corrected chi connectivity index (χ0v) is 10.8. The number of rotatable bonds is 7. The fourth-order valence-electron chi connectivity index (χ4n) is 1.68. The van der Waals surface area contributed by atoms with Crippen molar-refractivity contribution < 1.29 is 19.5 Å². The minimum atomic E-state index is -1.20. The SMILES string of the molecule is NC(=O)CC[C@@H](NC(=O)Cc1cccc(N)c1)C(=O)O. The monoisotopic (exact) mass is 279 g/mol. The maximum absolute atomic E-state index is 11.8. The molecule has 1 aromatic rings. The molecule has 0 bridgehead atoms. The van der Waals surface area contributed by atoms with Gasteiger partial charge in [-0.15, -0.1) is 0 Å². The Balaban J connectivity index is 2.57. The minimum absolute atomic E-state index is 0.0192. The molecule has 0 aliphatic rings. The molecule has 0 fully saturated rings. The van der Waals surface area contributed by atoms with E-state index >= 15 is 0 Å². The maximum Gasteiger partial charge on any atom is 0.326 e. The Morgan fingerprint density at radius 2 is 2.00 bits per heavy atom. The van der Waals surface area contributed by atoms with E-state index in [4.69, 9.17) is 16.6 Å². The number of nitrogen functional groups attached to an aromatic ring is 1. The van der Waals surface area contributed by atoms with Crippen LogP contribution in [-0.4, -0.2) is 28.9 Å². The first kappa shape index (κ1) is 15.5. The Morgan fingerprint density at radius 1 is 1.30 bits per heavy atom. The van der Waals surface area contributed by atoms with E-state index < -0.39 is 23.8 Å². The standard InChI is InChI=1S/C13H17N3O4/c14-9-3-1-2-8(6-9)7-12(18)16-10(13(19)20)4-5-11(15)17/h1-3,6,10H,4-5,7,14H2,(H2,15,17)(H,16,18)(H,19,20)/t10-/m1/s1. The second kappa shape index (κ2) is 7.13. The van der Waals surface area contributed by atoms with Crippen molar-refractivity contribution in [1.82, 2.24) is 5.32 Å². The van der Waals surface area contributed by atoms with Crippen LogP contribution in [0.5, 0.6) is 0 Å². The molecule has 0 spiro atoms. The van der Waals surface area contributed by atoms with Crippen molar-refractivity contribution in [3.8, 4) is 0 Å². The fraction of sp³-hybridized carbons (Fsp3) is 0.308. The Morgan fingerprint density at radius 3 is 2.55 bits per heavy atom. The van der Waals surface area contributed by atoms with Gasteiger partial charge in [-0.3, -0.25) is 9.59 Å². The van der Waals surface area contributed by atoms with E-state index in [1.807, 2.05) is 0 Å². The average molecular weight is 279 g/mol. The molecule has 0 radical (unpaired) electrons.